The Labute approximate surface area is 168 Å². The number of likely N-dealkylation sites (tertiary alicyclic amines) is 1. The fourth-order valence-electron chi connectivity index (χ4n) is 3.82. The van der Waals surface area contributed by atoms with Crippen LogP contribution in [0.5, 0.6) is 11.5 Å². The first-order chi connectivity index (χ1) is 14.0. The molecule has 4 rings (SSSR count). The van der Waals surface area contributed by atoms with Gasteiger partial charge in [-0.15, -0.1) is 0 Å². The lowest BCUT2D eigenvalue weighted by molar-refractivity contribution is -0.377. The molecule has 0 spiro atoms. The predicted molar refractivity (Wildman–Crippen MR) is 112 cm³/mol. The summed E-state index contributed by atoms with van der Waals surface area (Å²) in [4.78, 5) is 1.85. The molecule has 0 unspecified atom stereocenters. The molecule has 2 N–H and O–H groups in total. The van der Waals surface area contributed by atoms with Crippen molar-refractivity contribution in [3.05, 3.63) is 63.7 Å². The molecule has 2 heterocycles. The standard InChI is InChI=1S/C22H23N2O5/c25-19-10-9-17-21(26)20(13-15-5-7-16(8-6-15)24(27)28)29-22(17)18(19)14-23-11-3-1-2-4-12-23/h5-10,13H,1-4,11-12,14H2,(H2-,25,26,27,28)/q-1. The summed E-state index contributed by atoms with van der Waals surface area (Å²) in [7, 11) is 0. The van der Waals surface area contributed by atoms with Crippen molar-refractivity contribution in [1.29, 1.82) is 0 Å². The Balaban J connectivity index is 1.68. The monoisotopic (exact) mass is 395 g/mol. The molecular weight excluding hydrogens is 372 g/mol. The minimum atomic E-state index is -0.458. The maximum Gasteiger partial charge on any atom is 0.222 e. The number of phenols is 1. The molecule has 0 amide bonds. The number of benzene rings is 1. The van der Waals surface area contributed by atoms with Crippen molar-refractivity contribution in [1.82, 2.24) is 4.90 Å². The lowest BCUT2D eigenvalue weighted by Crippen LogP contribution is -2.24. The zero-order chi connectivity index (χ0) is 20.4. The van der Waals surface area contributed by atoms with Gasteiger partial charge in [-0.25, -0.2) is 0 Å². The summed E-state index contributed by atoms with van der Waals surface area (Å²) in [5, 5.41) is 43.2. The van der Waals surface area contributed by atoms with Crippen LogP contribution in [0.3, 0.4) is 0 Å². The summed E-state index contributed by atoms with van der Waals surface area (Å²) >= 11 is 0. The second kappa shape index (κ2) is 8.05. The van der Waals surface area contributed by atoms with Crippen molar-refractivity contribution in [3.8, 4) is 11.5 Å². The van der Waals surface area contributed by atoms with Gasteiger partial charge in [-0.05, 0) is 61.9 Å². The Bertz CT molecular complexity index is 1020. The first-order valence-electron chi connectivity index (χ1n) is 9.81. The molecule has 1 saturated heterocycles. The highest BCUT2D eigenvalue weighted by Crippen LogP contribution is 2.39. The van der Waals surface area contributed by atoms with E-state index in [4.69, 9.17) is 4.42 Å². The van der Waals surface area contributed by atoms with Crippen molar-refractivity contribution in [2.45, 2.75) is 32.2 Å². The van der Waals surface area contributed by atoms with Gasteiger partial charge in [0.05, 0.1) is 10.9 Å². The van der Waals surface area contributed by atoms with Crippen LogP contribution in [0.15, 0.2) is 46.4 Å². The maximum absolute atomic E-state index is 10.8. The van der Waals surface area contributed by atoms with Crippen LogP contribution >= 0.6 is 0 Å². The van der Waals surface area contributed by atoms with Crippen LogP contribution < -0.4 is 0 Å². The fraction of sp³-hybridized carbons (Fsp3) is 0.318. The Morgan fingerprint density at radius 1 is 1.00 bits per heavy atom. The SMILES string of the molecule is [O-][N+]([O-])=C1C=CC(=Cc2oc3c(CN4CCCCCC4)c(O)ccc3c2O)C=C1. The first-order valence-corrected chi connectivity index (χ1v) is 9.81. The van der Waals surface area contributed by atoms with E-state index in [2.05, 4.69) is 4.90 Å². The third-order valence-electron chi connectivity index (χ3n) is 5.42. The minimum Gasteiger partial charge on any atom is -0.612 e. The molecule has 1 fully saturated rings. The molecule has 1 aliphatic carbocycles. The zero-order valence-electron chi connectivity index (χ0n) is 16.0. The van der Waals surface area contributed by atoms with E-state index >= 15 is 0 Å². The Kier molecular flexibility index (Phi) is 5.31. The van der Waals surface area contributed by atoms with Crippen molar-refractivity contribution < 1.29 is 19.5 Å². The lowest BCUT2D eigenvalue weighted by Gasteiger charge is -2.20. The lowest BCUT2D eigenvalue weighted by atomic mass is 10.1. The van der Waals surface area contributed by atoms with Gasteiger partial charge in [0.15, 0.2) is 11.5 Å². The molecule has 0 radical (unpaired) electrons. The van der Waals surface area contributed by atoms with Crippen LogP contribution in [-0.4, -0.2) is 38.8 Å². The molecule has 1 aliphatic heterocycles. The van der Waals surface area contributed by atoms with Gasteiger partial charge in [-0.3, -0.25) is 4.90 Å². The topological polar surface area (TPSA) is 106 Å². The normalized spacial score (nSPS) is 17.7. The Hall–Kier alpha value is -3.19. The average Bonchev–Trinajstić information content (AvgIpc) is 2.87. The average molecular weight is 395 g/mol. The van der Waals surface area contributed by atoms with Crippen LogP contribution in [0, 0.1) is 10.4 Å². The van der Waals surface area contributed by atoms with Crippen molar-refractivity contribution in [3.63, 3.8) is 0 Å². The summed E-state index contributed by atoms with van der Waals surface area (Å²) in [5.41, 5.74) is 1.81. The number of hydrogen-bond donors (Lipinski definition) is 2. The van der Waals surface area contributed by atoms with Crippen LogP contribution in [0.4, 0.5) is 0 Å². The molecule has 29 heavy (non-hydrogen) atoms. The highest BCUT2D eigenvalue weighted by atomic mass is 16.8. The van der Waals surface area contributed by atoms with Crippen LogP contribution in [0.1, 0.15) is 37.0 Å². The van der Waals surface area contributed by atoms with Crippen LogP contribution in [-0.2, 0) is 6.54 Å². The van der Waals surface area contributed by atoms with Gasteiger partial charge in [-0.2, -0.15) is 4.90 Å². The number of allylic oxidation sites excluding steroid dienone is 5. The van der Waals surface area contributed by atoms with Gasteiger partial charge in [-0.1, -0.05) is 12.8 Å². The van der Waals surface area contributed by atoms with E-state index in [-0.39, 0.29) is 23.0 Å². The van der Waals surface area contributed by atoms with Crippen LogP contribution in [0.2, 0.25) is 0 Å². The smallest absolute Gasteiger partial charge is 0.222 e. The van der Waals surface area contributed by atoms with E-state index < -0.39 is 4.90 Å². The molecule has 2 aliphatic rings. The number of fused-ring (bicyclic) bond motifs is 1. The van der Waals surface area contributed by atoms with E-state index in [0.717, 1.165) is 25.9 Å². The van der Waals surface area contributed by atoms with Gasteiger partial charge in [0.2, 0.25) is 5.71 Å². The molecular formula is C22H23N2O5-. The van der Waals surface area contributed by atoms with E-state index in [1.807, 2.05) is 0 Å². The number of nitrogens with zero attached hydrogens (tertiary/aromatic N) is 2. The van der Waals surface area contributed by atoms with Crippen LogP contribution in [0.25, 0.3) is 17.0 Å². The number of furan rings is 1. The van der Waals surface area contributed by atoms with E-state index in [1.54, 1.807) is 30.4 Å². The summed E-state index contributed by atoms with van der Waals surface area (Å²) in [6.45, 7) is 2.52. The number of phenolic OH excluding ortho intramolecular Hbond substituents is 1. The first kappa shape index (κ1) is 19.1. The predicted octanol–water partition coefficient (Wildman–Crippen LogP) is 4.18. The Morgan fingerprint density at radius 2 is 1.69 bits per heavy atom. The maximum atomic E-state index is 10.8. The number of rotatable bonds is 3. The molecule has 2 aromatic rings. The molecule has 7 heteroatoms. The van der Waals surface area contributed by atoms with Gasteiger partial charge in [0.1, 0.15) is 11.3 Å². The molecule has 1 aromatic carbocycles. The van der Waals surface area contributed by atoms with Gasteiger partial charge < -0.3 is 25.0 Å². The summed E-state index contributed by atoms with van der Waals surface area (Å²) in [6, 6.07) is 3.23. The fourth-order valence-corrected chi connectivity index (χ4v) is 3.82. The third-order valence-corrected chi connectivity index (χ3v) is 5.42. The largest absolute Gasteiger partial charge is 0.612 e. The number of hydrogen-bond acceptors (Lipinski definition) is 6. The zero-order valence-corrected chi connectivity index (χ0v) is 16.0. The summed E-state index contributed by atoms with van der Waals surface area (Å²) in [6.07, 6.45) is 12.4. The van der Waals surface area contributed by atoms with E-state index in [9.17, 15) is 20.6 Å². The minimum absolute atomic E-state index is 0.000589. The molecule has 7 nitrogen and oxygen atoms in total. The summed E-state index contributed by atoms with van der Waals surface area (Å²) < 4.78 is 5.94. The number of aromatic hydroxyl groups is 2. The van der Waals surface area contributed by atoms with Gasteiger partial charge in [0, 0.05) is 18.7 Å². The second-order valence-corrected chi connectivity index (χ2v) is 7.44. The third kappa shape index (κ3) is 4.00. The van der Waals surface area contributed by atoms with Crippen molar-refractivity contribution in [2.75, 3.05) is 13.1 Å². The molecule has 152 valence electrons. The van der Waals surface area contributed by atoms with E-state index in [1.165, 1.54) is 25.0 Å². The second-order valence-electron chi connectivity index (χ2n) is 7.44. The highest BCUT2D eigenvalue weighted by molar-refractivity contribution is 6.03. The molecule has 0 atom stereocenters. The van der Waals surface area contributed by atoms with Gasteiger partial charge >= 0.3 is 0 Å². The van der Waals surface area contributed by atoms with Gasteiger partial charge in [0.25, 0.3) is 0 Å². The molecule has 0 bridgehead atoms. The Morgan fingerprint density at radius 3 is 2.34 bits per heavy atom. The van der Waals surface area contributed by atoms with Crippen molar-refractivity contribution in [2.24, 2.45) is 0 Å². The summed E-state index contributed by atoms with van der Waals surface area (Å²) in [5.74, 6) is 0.407. The quantitative estimate of drug-likeness (QED) is 0.597. The molecule has 1 aromatic heterocycles. The van der Waals surface area contributed by atoms with Crippen molar-refractivity contribution >= 4 is 22.8 Å². The highest BCUT2D eigenvalue weighted by Gasteiger charge is 2.20. The van der Waals surface area contributed by atoms with E-state index in [0.29, 0.717) is 28.7 Å². The molecule has 0 saturated carbocycles.